The minimum atomic E-state index is 0.501. The molecule has 0 aromatic heterocycles. The summed E-state index contributed by atoms with van der Waals surface area (Å²) in [6, 6.07) is 0.669. The molecule has 3 atom stereocenters. The molecule has 120 valence electrons. The van der Waals surface area contributed by atoms with Crippen molar-refractivity contribution in [2.24, 2.45) is 5.92 Å². The zero-order valence-corrected chi connectivity index (χ0v) is 14.1. The first kappa shape index (κ1) is 18.0. The Labute approximate surface area is 127 Å². The SMILES string of the molecule is CCCCCCCCCCC(NC)C1CCOC1CC. The molecule has 3 unspecified atom stereocenters. The van der Waals surface area contributed by atoms with E-state index in [-0.39, 0.29) is 0 Å². The molecule has 1 aliphatic heterocycles. The van der Waals surface area contributed by atoms with Gasteiger partial charge in [-0.15, -0.1) is 0 Å². The summed E-state index contributed by atoms with van der Waals surface area (Å²) in [4.78, 5) is 0. The summed E-state index contributed by atoms with van der Waals surface area (Å²) < 4.78 is 5.84. The molecule has 1 fully saturated rings. The van der Waals surface area contributed by atoms with Crippen molar-refractivity contribution in [2.75, 3.05) is 13.7 Å². The Morgan fingerprint density at radius 3 is 2.25 bits per heavy atom. The molecule has 0 amide bonds. The Morgan fingerprint density at radius 2 is 1.65 bits per heavy atom. The zero-order valence-electron chi connectivity index (χ0n) is 14.1. The zero-order chi connectivity index (χ0) is 14.6. The van der Waals surface area contributed by atoms with E-state index >= 15 is 0 Å². The molecule has 1 heterocycles. The molecule has 2 heteroatoms. The lowest BCUT2D eigenvalue weighted by Gasteiger charge is -2.26. The van der Waals surface area contributed by atoms with Crippen LogP contribution in [0, 0.1) is 5.92 Å². The maximum atomic E-state index is 5.84. The summed E-state index contributed by atoms with van der Waals surface area (Å²) in [5.41, 5.74) is 0. The topological polar surface area (TPSA) is 21.3 Å². The number of hydrogen-bond acceptors (Lipinski definition) is 2. The predicted molar refractivity (Wildman–Crippen MR) is 88.2 cm³/mol. The lowest BCUT2D eigenvalue weighted by molar-refractivity contribution is 0.0770. The third kappa shape index (κ3) is 6.58. The van der Waals surface area contributed by atoms with Gasteiger partial charge in [0.05, 0.1) is 6.10 Å². The average molecular weight is 284 g/mol. The minimum absolute atomic E-state index is 0.501. The van der Waals surface area contributed by atoms with Crippen LogP contribution in [0.2, 0.25) is 0 Å². The Morgan fingerprint density at radius 1 is 1.00 bits per heavy atom. The van der Waals surface area contributed by atoms with Gasteiger partial charge in [-0.3, -0.25) is 0 Å². The highest BCUT2D eigenvalue weighted by Crippen LogP contribution is 2.28. The van der Waals surface area contributed by atoms with Gasteiger partial charge in [0.15, 0.2) is 0 Å². The van der Waals surface area contributed by atoms with Crippen LogP contribution >= 0.6 is 0 Å². The third-order valence-electron chi connectivity index (χ3n) is 4.92. The molecule has 0 radical (unpaired) electrons. The molecule has 20 heavy (non-hydrogen) atoms. The second kappa shape index (κ2) is 11.6. The first-order valence-electron chi connectivity index (χ1n) is 9.12. The molecular weight excluding hydrogens is 246 g/mol. The average Bonchev–Trinajstić information content (AvgIpc) is 2.94. The van der Waals surface area contributed by atoms with E-state index < -0.39 is 0 Å². The van der Waals surface area contributed by atoms with E-state index in [1.165, 1.54) is 70.6 Å². The van der Waals surface area contributed by atoms with E-state index in [0.717, 1.165) is 12.5 Å². The summed E-state index contributed by atoms with van der Waals surface area (Å²) in [6.45, 7) is 5.51. The van der Waals surface area contributed by atoms with E-state index in [0.29, 0.717) is 12.1 Å². The van der Waals surface area contributed by atoms with Crippen molar-refractivity contribution in [1.82, 2.24) is 5.32 Å². The van der Waals surface area contributed by atoms with E-state index in [2.05, 4.69) is 26.2 Å². The van der Waals surface area contributed by atoms with Crippen molar-refractivity contribution in [3.05, 3.63) is 0 Å². The number of ether oxygens (including phenoxy) is 1. The second-order valence-corrected chi connectivity index (χ2v) is 6.43. The van der Waals surface area contributed by atoms with Crippen LogP contribution < -0.4 is 5.32 Å². The molecule has 0 aromatic carbocycles. The summed E-state index contributed by atoms with van der Waals surface area (Å²) in [7, 11) is 2.13. The summed E-state index contributed by atoms with van der Waals surface area (Å²) >= 11 is 0. The van der Waals surface area contributed by atoms with Gasteiger partial charge >= 0.3 is 0 Å². The Bertz CT molecular complexity index is 219. The highest BCUT2D eigenvalue weighted by atomic mass is 16.5. The van der Waals surface area contributed by atoms with Gasteiger partial charge in [-0.25, -0.2) is 0 Å². The molecule has 0 bridgehead atoms. The van der Waals surface area contributed by atoms with Crippen LogP contribution in [0.15, 0.2) is 0 Å². The molecule has 1 rings (SSSR count). The van der Waals surface area contributed by atoms with Crippen LogP contribution in [-0.4, -0.2) is 25.8 Å². The number of nitrogens with one attached hydrogen (secondary N) is 1. The number of unbranched alkanes of at least 4 members (excludes halogenated alkanes) is 7. The van der Waals surface area contributed by atoms with Gasteiger partial charge in [-0.2, -0.15) is 0 Å². The lowest BCUT2D eigenvalue weighted by Crippen LogP contribution is -2.37. The van der Waals surface area contributed by atoms with Crippen molar-refractivity contribution in [2.45, 2.75) is 96.6 Å². The van der Waals surface area contributed by atoms with E-state index in [1.807, 2.05) is 0 Å². The molecule has 2 nitrogen and oxygen atoms in total. The van der Waals surface area contributed by atoms with Gasteiger partial charge in [0.1, 0.15) is 0 Å². The minimum Gasteiger partial charge on any atom is -0.378 e. The first-order valence-corrected chi connectivity index (χ1v) is 9.12. The van der Waals surface area contributed by atoms with Gasteiger partial charge in [0.2, 0.25) is 0 Å². The van der Waals surface area contributed by atoms with Crippen LogP contribution in [0.25, 0.3) is 0 Å². The fourth-order valence-corrected chi connectivity index (χ4v) is 3.62. The molecule has 0 aliphatic carbocycles. The number of rotatable bonds is 12. The largest absolute Gasteiger partial charge is 0.378 e. The lowest BCUT2D eigenvalue weighted by atomic mass is 9.88. The summed E-state index contributed by atoms with van der Waals surface area (Å²) in [5.74, 6) is 0.745. The van der Waals surface area contributed by atoms with Crippen molar-refractivity contribution in [3.63, 3.8) is 0 Å². The van der Waals surface area contributed by atoms with Gasteiger partial charge in [-0.05, 0) is 26.3 Å². The number of hydrogen-bond donors (Lipinski definition) is 1. The van der Waals surface area contributed by atoms with Crippen molar-refractivity contribution in [3.8, 4) is 0 Å². The Kier molecular flexibility index (Phi) is 10.4. The van der Waals surface area contributed by atoms with Crippen molar-refractivity contribution >= 4 is 0 Å². The van der Waals surface area contributed by atoms with Gasteiger partial charge in [-0.1, -0.05) is 65.2 Å². The predicted octanol–water partition coefficient (Wildman–Crippen LogP) is 4.92. The Balaban J connectivity index is 2.06. The fraction of sp³-hybridized carbons (Fsp3) is 1.00. The monoisotopic (exact) mass is 283 g/mol. The Hall–Kier alpha value is -0.0800. The smallest absolute Gasteiger partial charge is 0.0616 e. The van der Waals surface area contributed by atoms with E-state index in [9.17, 15) is 0 Å². The van der Waals surface area contributed by atoms with Crippen LogP contribution in [0.5, 0.6) is 0 Å². The molecule has 0 aromatic rings. The highest BCUT2D eigenvalue weighted by molar-refractivity contribution is 4.85. The molecule has 1 N–H and O–H groups in total. The van der Waals surface area contributed by atoms with Crippen LogP contribution in [0.1, 0.15) is 84.5 Å². The van der Waals surface area contributed by atoms with E-state index in [4.69, 9.17) is 4.74 Å². The van der Waals surface area contributed by atoms with Crippen molar-refractivity contribution in [1.29, 1.82) is 0 Å². The maximum absolute atomic E-state index is 5.84. The van der Waals surface area contributed by atoms with Crippen molar-refractivity contribution < 1.29 is 4.74 Å². The quantitative estimate of drug-likeness (QED) is 0.513. The first-order chi connectivity index (χ1) is 9.83. The molecule has 0 saturated carbocycles. The maximum Gasteiger partial charge on any atom is 0.0616 e. The highest BCUT2D eigenvalue weighted by Gasteiger charge is 2.32. The van der Waals surface area contributed by atoms with Gasteiger partial charge < -0.3 is 10.1 Å². The third-order valence-corrected chi connectivity index (χ3v) is 4.92. The summed E-state index contributed by atoms with van der Waals surface area (Å²) in [5, 5.41) is 3.55. The second-order valence-electron chi connectivity index (χ2n) is 6.43. The van der Waals surface area contributed by atoms with E-state index in [1.54, 1.807) is 0 Å². The van der Waals surface area contributed by atoms with Gasteiger partial charge in [0, 0.05) is 18.6 Å². The molecule has 0 spiro atoms. The fourth-order valence-electron chi connectivity index (χ4n) is 3.62. The summed E-state index contributed by atoms with van der Waals surface area (Å²) in [6.07, 6.45) is 15.6. The molecule has 1 aliphatic rings. The van der Waals surface area contributed by atoms with Crippen LogP contribution in [0.4, 0.5) is 0 Å². The van der Waals surface area contributed by atoms with Crippen LogP contribution in [-0.2, 0) is 4.74 Å². The normalized spacial score (nSPS) is 24.1. The standard InChI is InChI=1S/C18H37NO/c1-4-6-7-8-9-10-11-12-13-17(19-3)16-14-15-20-18(16)5-2/h16-19H,4-15H2,1-3H3. The molecular formula is C18H37NO. The molecule has 1 saturated heterocycles. The van der Waals surface area contributed by atoms with Crippen LogP contribution in [0.3, 0.4) is 0 Å². The van der Waals surface area contributed by atoms with Gasteiger partial charge in [0.25, 0.3) is 0 Å².